The van der Waals surface area contributed by atoms with Crippen molar-refractivity contribution in [3.05, 3.63) is 24.5 Å². The first-order valence-electron chi connectivity index (χ1n) is 4.60. The number of hydrogen-bond donors (Lipinski definition) is 5. The molecule has 2 rings (SSSR count). The van der Waals surface area contributed by atoms with Crippen LogP contribution < -0.4 is 10.6 Å². The predicted molar refractivity (Wildman–Crippen MR) is 58.8 cm³/mol. The number of carbonyl (C=O) groups is 1. The first-order chi connectivity index (χ1) is 8.13. The molecule has 0 spiro atoms. The molecule has 0 fully saturated rings. The van der Waals surface area contributed by atoms with E-state index in [4.69, 9.17) is 0 Å². The monoisotopic (exact) mass is 235 g/mol. The highest BCUT2D eigenvalue weighted by atomic mass is 16.3. The topological polar surface area (TPSA) is 123 Å². The van der Waals surface area contributed by atoms with Gasteiger partial charge in [0, 0.05) is 23.9 Å². The molecule has 0 aliphatic heterocycles. The summed E-state index contributed by atoms with van der Waals surface area (Å²) >= 11 is 0. The predicted octanol–water partition coefficient (Wildman–Crippen LogP) is 0.860. The lowest BCUT2D eigenvalue weighted by Gasteiger charge is -2.06. The molecule has 2 aromatic rings. The number of phenols is 2. The number of anilines is 2. The van der Waals surface area contributed by atoms with Crippen LogP contribution in [0.4, 0.5) is 16.4 Å². The van der Waals surface area contributed by atoms with Crippen molar-refractivity contribution in [2.24, 2.45) is 0 Å². The molecular weight excluding hydrogens is 226 g/mol. The molecule has 0 saturated carbocycles. The second-order valence-corrected chi connectivity index (χ2v) is 3.15. The second-order valence-electron chi connectivity index (χ2n) is 3.15. The molecule has 88 valence electrons. The molecule has 0 aliphatic rings. The van der Waals surface area contributed by atoms with Gasteiger partial charge in [0.05, 0.1) is 0 Å². The average molecular weight is 235 g/mol. The van der Waals surface area contributed by atoms with Crippen LogP contribution in [0, 0.1) is 0 Å². The fourth-order valence-electron chi connectivity index (χ4n) is 1.20. The third kappa shape index (κ3) is 2.84. The molecule has 2 amide bonds. The lowest BCUT2D eigenvalue weighted by molar-refractivity contribution is 0.262. The van der Waals surface area contributed by atoms with E-state index in [1.165, 1.54) is 18.5 Å². The van der Waals surface area contributed by atoms with Crippen LogP contribution in [0.5, 0.6) is 11.5 Å². The molecule has 8 heteroatoms. The minimum absolute atomic E-state index is 0.153. The summed E-state index contributed by atoms with van der Waals surface area (Å²) in [5.74, 6) is -0.119. The molecule has 17 heavy (non-hydrogen) atoms. The quantitative estimate of drug-likeness (QED) is 0.528. The van der Waals surface area contributed by atoms with Crippen molar-refractivity contribution in [1.82, 2.24) is 15.2 Å². The first kappa shape index (κ1) is 10.7. The Labute approximate surface area is 95.3 Å². The van der Waals surface area contributed by atoms with Crippen LogP contribution in [0.3, 0.4) is 0 Å². The lowest BCUT2D eigenvalue weighted by atomic mass is 10.3. The maximum Gasteiger partial charge on any atom is 0.326 e. The van der Waals surface area contributed by atoms with Gasteiger partial charge in [0.15, 0.2) is 0 Å². The summed E-state index contributed by atoms with van der Waals surface area (Å²) in [6.07, 6.45) is 1.25. The molecule has 1 aromatic carbocycles. The van der Waals surface area contributed by atoms with E-state index in [0.29, 0.717) is 0 Å². The molecule has 0 atom stereocenters. The number of aromatic amines is 1. The molecule has 1 aromatic heterocycles. The number of amides is 2. The standard InChI is InChI=1S/C9H9N5O3/c15-6-1-5(2-7(16)3-6)12-9(17)13-8-10-4-11-14-8/h1-4,15-16H,(H3,10,11,12,13,14,17). The maximum atomic E-state index is 11.4. The average Bonchev–Trinajstić information content (AvgIpc) is 2.67. The van der Waals surface area contributed by atoms with Crippen molar-refractivity contribution < 1.29 is 15.0 Å². The molecule has 0 saturated heterocycles. The Balaban J connectivity index is 2.03. The number of aromatic hydroxyl groups is 2. The Morgan fingerprint density at radius 1 is 1.18 bits per heavy atom. The Kier molecular flexibility index (Phi) is 2.77. The van der Waals surface area contributed by atoms with Crippen molar-refractivity contribution in [1.29, 1.82) is 0 Å². The van der Waals surface area contributed by atoms with Gasteiger partial charge in [-0.1, -0.05) is 0 Å². The summed E-state index contributed by atoms with van der Waals surface area (Å²) in [7, 11) is 0. The molecule has 0 bridgehead atoms. The van der Waals surface area contributed by atoms with E-state index in [-0.39, 0.29) is 23.1 Å². The van der Waals surface area contributed by atoms with Crippen LogP contribution in [0.25, 0.3) is 0 Å². The number of nitrogens with one attached hydrogen (secondary N) is 3. The smallest absolute Gasteiger partial charge is 0.326 e. The number of hydrogen-bond acceptors (Lipinski definition) is 5. The van der Waals surface area contributed by atoms with Gasteiger partial charge in [-0.2, -0.15) is 10.1 Å². The normalized spacial score (nSPS) is 9.88. The van der Waals surface area contributed by atoms with E-state index < -0.39 is 6.03 Å². The number of rotatable bonds is 2. The summed E-state index contributed by atoms with van der Waals surface area (Å²) < 4.78 is 0. The van der Waals surface area contributed by atoms with Crippen LogP contribution in [0.1, 0.15) is 0 Å². The second kappa shape index (κ2) is 4.39. The van der Waals surface area contributed by atoms with E-state index >= 15 is 0 Å². The number of nitrogens with zero attached hydrogens (tertiary/aromatic N) is 2. The van der Waals surface area contributed by atoms with Gasteiger partial charge in [-0.05, 0) is 0 Å². The molecule has 1 heterocycles. The fraction of sp³-hybridized carbons (Fsp3) is 0. The summed E-state index contributed by atoms with van der Waals surface area (Å²) in [4.78, 5) is 15.1. The molecule has 0 unspecified atom stereocenters. The highest BCUT2D eigenvalue weighted by Crippen LogP contribution is 2.23. The molecule has 5 N–H and O–H groups in total. The van der Waals surface area contributed by atoms with E-state index in [9.17, 15) is 15.0 Å². The third-order valence-electron chi connectivity index (χ3n) is 1.81. The van der Waals surface area contributed by atoms with Crippen LogP contribution in [-0.4, -0.2) is 31.4 Å². The van der Waals surface area contributed by atoms with Crippen molar-refractivity contribution >= 4 is 17.7 Å². The zero-order valence-corrected chi connectivity index (χ0v) is 8.51. The van der Waals surface area contributed by atoms with Crippen molar-refractivity contribution in [3.8, 4) is 11.5 Å². The Hall–Kier alpha value is -2.77. The van der Waals surface area contributed by atoms with Crippen LogP contribution in [0.2, 0.25) is 0 Å². The van der Waals surface area contributed by atoms with Crippen LogP contribution >= 0.6 is 0 Å². The van der Waals surface area contributed by atoms with Gasteiger partial charge in [-0.25, -0.2) is 9.89 Å². The minimum Gasteiger partial charge on any atom is -0.508 e. The van der Waals surface area contributed by atoms with Gasteiger partial charge < -0.3 is 15.5 Å². The van der Waals surface area contributed by atoms with Crippen LogP contribution in [-0.2, 0) is 0 Å². The number of aromatic nitrogens is 3. The number of phenolic OH excluding ortho intramolecular Hbond substituents is 2. The van der Waals surface area contributed by atoms with Gasteiger partial charge in [-0.3, -0.25) is 5.32 Å². The number of H-pyrrole nitrogens is 1. The molecule has 8 nitrogen and oxygen atoms in total. The highest BCUT2D eigenvalue weighted by molar-refractivity contribution is 5.98. The Bertz CT molecular complexity index is 505. The summed E-state index contributed by atoms with van der Waals surface area (Å²) in [6, 6.07) is 3.16. The van der Waals surface area contributed by atoms with Crippen LogP contribution in [0.15, 0.2) is 24.5 Å². The van der Waals surface area contributed by atoms with Gasteiger partial charge in [0.2, 0.25) is 5.95 Å². The first-order valence-corrected chi connectivity index (χ1v) is 4.60. The summed E-state index contributed by atoms with van der Waals surface area (Å²) in [5.41, 5.74) is 0.250. The largest absolute Gasteiger partial charge is 0.508 e. The summed E-state index contributed by atoms with van der Waals surface area (Å²) in [5, 5.41) is 29.2. The van der Waals surface area contributed by atoms with E-state index in [1.54, 1.807) is 0 Å². The molecule has 0 radical (unpaired) electrons. The van der Waals surface area contributed by atoms with Gasteiger partial charge in [-0.15, -0.1) is 0 Å². The Morgan fingerprint density at radius 3 is 2.47 bits per heavy atom. The van der Waals surface area contributed by atoms with Crippen molar-refractivity contribution in [2.45, 2.75) is 0 Å². The summed E-state index contributed by atoms with van der Waals surface area (Å²) in [6.45, 7) is 0. The number of carbonyl (C=O) groups excluding carboxylic acids is 1. The van der Waals surface area contributed by atoms with Gasteiger partial charge in [0.25, 0.3) is 0 Å². The van der Waals surface area contributed by atoms with E-state index in [1.807, 2.05) is 0 Å². The van der Waals surface area contributed by atoms with Gasteiger partial charge >= 0.3 is 6.03 Å². The third-order valence-corrected chi connectivity index (χ3v) is 1.81. The molecular formula is C9H9N5O3. The zero-order chi connectivity index (χ0) is 12.3. The molecule has 0 aliphatic carbocycles. The zero-order valence-electron chi connectivity index (χ0n) is 8.51. The minimum atomic E-state index is -0.577. The van der Waals surface area contributed by atoms with Crippen molar-refractivity contribution in [3.63, 3.8) is 0 Å². The number of benzene rings is 1. The van der Waals surface area contributed by atoms with E-state index in [0.717, 1.165) is 6.07 Å². The fourth-order valence-corrected chi connectivity index (χ4v) is 1.20. The SMILES string of the molecule is O=C(Nc1cc(O)cc(O)c1)Nc1ncn[nH]1. The lowest BCUT2D eigenvalue weighted by Crippen LogP contribution is -2.20. The highest BCUT2D eigenvalue weighted by Gasteiger charge is 2.06. The Morgan fingerprint density at radius 2 is 1.88 bits per heavy atom. The maximum absolute atomic E-state index is 11.4. The van der Waals surface area contributed by atoms with E-state index in [2.05, 4.69) is 25.8 Å². The number of urea groups is 1. The van der Waals surface area contributed by atoms with Gasteiger partial charge in [0.1, 0.15) is 17.8 Å². The van der Waals surface area contributed by atoms with Crippen molar-refractivity contribution in [2.75, 3.05) is 10.6 Å².